The van der Waals surface area contributed by atoms with Crippen LogP contribution in [-0.4, -0.2) is 36.0 Å². The van der Waals surface area contributed by atoms with Gasteiger partial charge in [0.2, 0.25) is 0 Å². The maximum absolute atomic E-state index is 12.1. The van der Waals surface area contributed by atoms with Crippen LogP contribution in [0.15, 0.2) is 35.5 Å². The number of ether oxygens (including phenoxy) is 1. The minimum absolute atomic E-state index is 0.0877. The average Bonchev–Trinajstić information content (AvgIpc) is 3.16. The number of fused-ring (bicyclic) bond motifs is 1. The molecule has 3 aliphatic rings. The molecule has 0 aromatic rings. The molecule has 0 aliphatic heterocycles. The average molecular weight is 501 g/mol. The van der Waals surface area contributed by atoms with E-state index in [1.807, 2.05) is 13.8 Å². The van der Waals surface area contributed by atoms with Crippen LogP contribution in [0.2, 0.25) is 0 Å². The topological polar surface area (TPSA) is 84.6 Å². The summed E-state index contributed by atoms with van der Waals surface area (Å²) in [5, 5.41) is 12.9. The molecule has 0 spiro atoms. The zero-order chi connectivity index (χ0) is 26.3. The second-order valence-electron chi connectivity index (χ2n) is 12.7. The highest BCUT2D eigenvalue weighted by molar-refractivity contribution is 5.67. The molecule has 5 nitrogen and oxygen atoms in total. The first-order chi connectivity index (χ1) is 17.0. The molecule has 204 valence electrons. The Hall–Kier alpha value is -1.59. The zero-order valence-corrected chi connectivity index (χ0v) is 23.4. The van der Waals surface area contributed by atoms with Gasteiger partial charge in [-0.25, -0.2) is 4.79 Å². The fraction of sp³-hybridized carbons (Fsp3) is 0.774. The Morgan fingerprint density at radius 1 is 1.28 bits per heavy atom. The summed E-state index contributed by atoms with van der Waals surface area (Å²) in [6.07, 6.45) is 17.1. The van der Waals surface area contributed by atoms with Crippen molar-refractivity contribution in [3.63, 3.8) is 0 Å². The maximum atomic E-state index is 12.1. The first-order valence-electron chi connectivity index (χ1n) is 14.5. The third-order valence-corrected chi connectivity index (χ3v) is 9.27. The molecule has 5 atom stereocenters. The molecule has 5 heteroatoms. The number of amides is 1. The highest BCUT2D eigenvalue weighted by atomic mass is 16.6. The minimum Gasteiger partial charge on any atom is -0.446 e. The lowest BCUT2D eigenvalue weighted by molar-refractivity contribution is 0.0596. The maximum Gasteiger partial charge on any atom is 0.407 e. The highest BCUT2D eigenvalue weighted by Crippen LogP contribution is 2.60. The molecule has 3 rings (SSSR count). The zero-order valence-electron chi connectivity index (χ0n) is 23.4. The number of aliphatic hydroxyl groups is 1. The quantitative estimate of drug-likeness (QED) is 0.287. The highest BCUT2D eigenvalue weighted by Gasteiger charge is 2.50. The number of nitrogens with two attached hydrogens (primary N) is 1. The SMILES string of the molecule is C=C1CCC(OC(=O)NCCCN)CC1=CC=C1CCCC2(C)C1CCC2C(C)CCCC(C)(C)O. The lowest BCUT2D eigenvalue weighted by Gasteiger charge is -2.44. The summed E-state index contributed by atoms with van der Waals surface area (Å²) >= 11 is 0. The standard InChI is InChI=1S/C31H52N2O3/c1-22-11-14-26(36-29(34)33-20-8-19-32)21-25(22)13-12-24-10-7-18-31(5)27(15-16-28(24)31)23(2)9-6-17-30(3,4)35/h12-13,23,26-28,35H,1,6-11,14-21,32H2,2-5H3,(H,33,34). The molecule has 3 saturated carbocycles. The predicted octanol–water partition coefficient (Wildman–Crippen LogP) is 6.82. The third-order valence-electron chi connectivity index (χ3n) is 9.27. The van der Waals surface area contributed by atoms with Gasteiger partial charge in [-0.1, -0.05) is 56.6 Å². The molecule has 4 N–H and O–H groups in total. The Labute approximate surface area is 220 Å². The summed E-state index contributed by atoms with van der Waals surface area (Å²) in [4.78, 5) is 12.1. The van der Waals surface area contributed by atoms with Crippen molar-refractivity contribution in [3.05, 3.63) is 35.5 Å². The summed E-state index contributed by atoms with van der Waals surface area (Å²) in [7, 11) is 0. The number of allylic oxidation sites excluding steroid dienone is 4. The van der Waals surface area contributed by atoms with E-state index in [2.05, 4.69) is 37.9 Å². The monoisotopic (exact) mass is 500 g/mol. The van der Waals surface area contributed by atoms with Crippen LogP contribution in [0, 0.1) is 23.2 Å². The van der Waals surface area contributed by atoms with Crippen LogP contribution in [-0.2, 0) is 4.74 Å². The molecule has 0 aromatic heterocycles. The molecule has 0 aromatic carbocycles. The van der Waals surface area contributed by atoms with E-state index in [0.717, 1.165) is 44.4 Å². The Morgan fingerprint density at radius 3 is 2.78 bits per heavy atom. The number of alkyl carbamates (subject to hydrolysis) is 1. The molecule has 1 amide bonds. The molecule has 36 heavy (non-hydrogen) atoms. The Kier molecular flexibility index (Phi) is 10.3. The third kappa shape index (κ3) is 7.71. The van der Waals surface area contributed by atoms with Gasteiger partial charge < -0.3 is 20.9 Å². The van der Waals surface area contributed by atoms with Gasteiger partial charge in [0.15, 0.2) is 0 Å². The van der Waals surface area contributed by atoms with Crippen LogP contribution in [0.5, 0.6) is 0 Å². The summed E-state index contributed by atoms with van der Waals surface area (Å²) in [6.45, 7) is 14.3. The van der Waals surface area contributed by atoms with Crippen molar-refractivity contribution in [3.8, 4) is 0 Å². The lowest BCUT2D eigenvalue weighted by atomic mass is 9.60. The van der Waals surface area contributed by atoms with Crippen molar-refractivity contribution in [2.75, 3.05) is 13.1 Å². The number of hydrogen-bond donors (Lipinski definition) is 3. The minimum atomic E-state index is -0.558. The Balaban J connectivity index is 1.62. The fourth-order valence-corrected chi connectivity index (χ4v) is 7.24. The predicted molar refractivity (Wildman–Crippen MR) is 149 cm³/mol. The normalized spacial score (nSPS) is 31.9. The molecule has 5 unspecified atom stereocenters. The second kappa shape index (κ2) is 12.8. The van der Waals surface area contributed by atoms with E-state index in [4.69, 9.17) is 10.5 Å². The van der Waals surface area contributed by atoms with Gasteiger partial charge in [-0.15, -0.1) is 0 Å². The molecule has 0 radical (unpaired) electrons. The van der Waals surface area contributed by atoms with Gasteiger partial charge in [0.25, 0.3) is 0 Å². The molecular weight excluding hydrogens is 448 g/mol. The van der Waals surface area contributed by atoms with E-state index < -0.39 is 5.60 Å². The van der Waals surface area contributed by atoms with Crippen LogP contribution >= 0.6 is 0 Å². The first-order valence-corrected chi connectivity index (χ1v) is 14.5. The van der Waals surface area contributed by atoms with Gasteiger partial charge in [0.1, 0.15) is 6.10 Å². The molecule has 0 saturated heterocycles. The summed E-state index contributed by atoms with van der Waals surface area (Å²) in [5.74, 6) is 2.13. The lowest BCUT2D eigenvalue weighted by Crippen LogP contribution is -2.36. The summed E-state index contributed by atoms with van der Waals surface area (Å²) in [5.41, 5.74) is 9.34. The van der Waals surface area contributed by atoms with E-state index in [1.54, 1.807) is 5.57 Å². The van der Waals surface area contributed by atoms with E-state index in [9.17, 15) is 9.90 Å². The smallest absolute Gasteiger partial charge is 0.407 e. The van der Waals surface area contributed by atoms with E-state index in [0.29, 0.717) is 30.3 Å². The van der Waals surface area contributed by atoms with E-state index in [-0.39, 0.29) is 12.2 Å². The van der Waals surface area contributed by atoms with Crippen molar-refractivity contribution >= 4 is 6.09 Å². The van der Waals surface area contributed by atoms with Crippen LogP contribution in [0.25, 0.3) is 0 Å². The molecule has 3 aliphatic carbocycles. The molecule has 0 bridgehead atoms. The van der Waals surface area contributed by atoms with E-state index >= 15 is 0 Å². The van der Waals surface area contributed by atoms with Crippen molar-refractivity contribution in [1.82, 2.24) is 5.32 Å². The van der Waals surface area contributed by atoms with Crippen molar-refractivity contribution < 1.29 is 14.6 Å². The number of nitrogens with one attached hydrogen (secondary N) is 1. The molecule has 0 heterocycles. The van der Waals surface area contributed by atoms with Crippen molar-refractivity contribution in [1.29, 1.82) is 0 Å². The van der Waals surface area contributed by atoms with Gasteiger partial charge in [0, 0.05) is 13.0 Å². The van der Waals surface area contributed by atoms with Gasteiger partial charge >= 0.3 is 6.09 Å². The van der Waals surface area contributed by atoms with E-state index in [1.165, 1.54) is 49.7 Å². The summed E-state index contributed by atoms with van der Waals surface area (Å²) < 4.78 is 5.68. The van der Waals surface area contributed by atoms with Crippen molar-refractivity contribution in [2.24, 2.45) is 28.9 Å². The largest absolute Gasteiger partial charge is 0.446 e. The van der Waals surface area contributed by atoms with Crippen LogP contribution in [0.3, 0.4) is 0 Å². The molecular formula is C31H52N2O3. The first kappa shape index (κ1) is 29.0. The molecule has 3 fully saturated rings. The summed E-state index contributed by atoms with van der Waals surface area (Å²) in [6, 6.07) is 0. The van der Waals surface area contributed by atoms with Gasteiger partial charge in [0.05, 0.1) is 5.60 Å². The van der Waals surface area contributed by atoms with Gasteiger partial charge in [-0.2, -0.15) is 0 Å². The van der Waals surface area contributed by atoms with Crippen LogP contribution in [0.4, 0.5) is 4.79 Å². The van der Waals surface area contributed by atoms with Crippen LogP contribution in [0.1, 0.15) is 105 Å². The van der Waals surface area contributed by atoms with Crippen LogP contribution < -0.4 is 11.1 Å². The van der Waals surface area contributed by atoms with Gasteiger partial charge in [-0.3, -0.25) is 0 Å². The number of carbonyl (C=O) groups is 1. The van der Waals surface area contributed by atoms with Crippen molar-refractivity contribution in [2.45, 2.75) is 116 Å². The fourth-order valence-electron chi connectivity index (χ4n) is 7.24. The Bertz CT molecular complexity index is 824. The second-order valence-corrected chi connectivity index (χ2v) is 12.7. The van der Waals surface area contributed by atoms with Gasteiger partial charge in [-0.05, 0) is 107 Å². The number of rotatable bonds is 10. The Morgan fingerprint density at radius 2 is 2.06 bits per heavy atom. The number of hydrogen-bond acceptors (Lipinski definition) is 4. The number of carbonyl (C=O) groups excluding carboxylic acids is 1.